The third-order valence-corrected chi connectivity index (χ3v) is 4.69. The van der Waals surface area contributed by atoms with Gasteiger partial charge in [0.1, 0.15) is 5.75 Å². The quantitative estimate of drug-likeness (QED) is 0.920. The lowest BCUT2D eigenvalue weighted by Gasteiger charge is -2.19. The summed E-state index contributed by atoms with van der Waals surface area (Å²) >= 11 is 0. The monoisotopic (exact) mass is 288 g/mol. The van der Waals surface area contributed by atoms with Gasteiger partial charge in [0.2, 0.25) is 0 Å². The van der Waals surface area contributed by atoms with Crippen molar-refractivity contribution in [2.45, 2.75) is 20.8 Å². The Bertz CT molecular complexity index is 521. The van der Waals surface area contributed by atoms with E-state index in [1.807, 2.05) is 18.7 Å². The highest BCUT2D eigenvalue weighted by Gasteiger charge is 2.38. The lowest BCUT2D eigenvalue weighted by molar-refractivity contribution is -0.132. The number of benzene rings is 1. The van der Waals surface area contributed by atoms with Crippen molar-refractivity contribution in [3.63, 3.8) is 0 Å². The normalized spacial score (nSPS) is 24.2. The lowest BCUT2D eigenvalue weighted by Crippen LogP contribution is -2.35. The van der Waals surface area contributed by atoms with E-state index in [2.05, 4.69) is 24.4 Å². The molecule has 2 aliphatic rings. The van der Waals surface area contributed by atoms with Crippen LogP contribution in [0.5, 0.6) is 5.75 Å². The van der Waals surface area contributed by atoms with Crippen molar-refractivity contribution < 1.29 is 9.53 Å². The van der Waals surface area contributed by atoms with E-state index >= 15 is 0 Å². The number of aryl methyl sites for hydroxylation is 3. The third kappa shape index (κ3) is 2.91. The van der Waals surface area contributed by atoms with Crippen LogP contribution in [0.2, 0.25) is 0 Å². The van der Waals surface area contributed by atoms with Crippen molar-refractivity contribution in [3.8, 4) is 5.75 Å². The second-order valence-corrected chi connectivity index (χ2v) is 6.49. The molecule has 2 fully saturated rings. The molecule has 0 spiro atoms. The van der Waals surface area contributed by atoms with E-state index in [0.717, 1.165) is 43.1 Å². The van der Waals surface area contributed by atoms with Gasteiger partial charge < -0.3 is 15.0 Å². The van der Waals surface area contributed by atoms with Crippen LogP contribution in [0.3, 0.4) is 0 Å². The van der Waals surface area contributed by atoms with E-state index in [1.54, 1.807) is 0 Å². The number of hydrogen-bond acceptors (Lipinski definition) is 3. The molecule has 0 unspecified atom stereocenters. The van der Waals surface area contributed by atoms with Gasteiger partial charge in [-0.2, -0.15) is 0 Å². The summed E-state index contributed by atoms with van der Waals surface area (Å²) in [6.45, 7) is 10.1. The molecule has 0 bridgehead atoms. The molecule has 0 saturated carbocycles. The molecule has 3 rings (SSSR count). The highest BCUT2D eigenvalue weighted by molar-refractivity contribution is 5.78. The van der Waals surface area contributed by atoms with E-state index in [4.69, 9.17) is 4.74 Å². The van der Waals surface area contributed by atoms with Crippen molar-refractivity contribution >= 4 is 5.91 Å². The Kier molecular flexibility index (Phi) is 3.89. The summed E-state index contributed by atoms with van der Waals surface area (Å²) in [7, 11) is 0. The summed E-state index contributed by atoms with van der Waals surface area (Å²) in [6.07, 6.45) is 0. The van der Waals surface area contributed by atoms with Gasteiger partial charge >= 0.3 is 0 Å². The Morgan fingerprint density at radius 3 is 2.33 bits per heavy atom. The van der Waals surface area contributed by atoms with Gasteiger partial charge in [0.25, 0.3) is 5.91 Å². The summed E-state index contributed by atoms with van der Waals surface area (Å²) in [5.74, 6) is 2.24. The van der Waals surface area contributed by atoms with Crippen molar-refractivity contribution in [2.75, 3.05) is 32.8 Å². The van der Waals surface area contributed by atoms with E-state index in [-0.39, 0.29) is 12.5 Å². The third-order valence-electron chi connectivity index (χ3n) is 4.69. The van der Waals surface area contributed by atoms with Crippen molar-refractivity contribution in [1.82, 2.24) is 10.2 Å². The van der Waals surface area contributed by atoms with Crippen molar-refractivity contribution in [3.05, 3.63) is 28.8 Å². The van der Waals surface area contributed by atoms with Crippen molar-refractivity contribution in [1.29, 1.82) is 0 Å². The Morgan fingerprint density at radius 1 is 1.19 bits per heavy atom. The molecule has 21 heavy (non-hydrogen) atoms. The molecule has 4 heteroatoms. The van der Waals surface area contributed by atoms with Gasteiger partial charge in [0.05, 0.1) is 0 Å². The van der Waals surface area contributed by atoms with Crippen LogP contribution >= 0.6 is 0 Å². The molecule has 1 amide bonds. The maximum Gasteiger partial charge on any atom is 0.260 e. The number of rotatable bonds is 3. The molecule has 114 valence electrons. The molecule has 4 nitrogen and oxygen atoms in total. The van der Waals surface area contributed by atoms with Crippen LogP contribution in [-0.2, 0) is 4.79 Å². The summed E-state index contributed by atoms with van der Waals surface area (Å²) in [5.41, 5.74) is 3.43. The van der Waals surface area contributed by atoms with E-state index < -0.39 is 0 Å². The van der Waals surface area contributed by atoms with Crippen LogP contribution in [-0.4, -0.2) is 43.6 Å². The van der Waals surface area contributed by atoms with Gasteiger partial charge in [-0.15, -0.1) is 0 Å². The zero-order chi connectivity index (χ0) is 15.0. The minimum atomic E-state index is 0.115. The molecule has 2 aliphatic heterocycles. The minimum absolute atomic E-state index is 0.115. The molecule has 2 saturated heterocycles. The number of likely N-dealkylation sites (tertiary alicyclic amines) is 1. The van der Waals surface area contributed by atoms with Crippen LogP contribution in [0.4, 0.5) is 0 Å². The number of nitrogens with one attached hydrogen (secondary N) is 1. The smallest absolute Gasteiger partial charge is 0.260 e. The second kappa shape index (κ2) is 5.68. The van der Waals surface area contributed by atoms with Gasteiger partial charge in [-0.1, -0.05) is 17.7 Å². The summed E-state index contributed by atoms with van der Waals surface area (Å²) in [6, 6.07) is 4.19. The Hall–Kier alpha value is -1.55. The summed E-state index contributed by atoms with van der Waals surface area (Å²) in [4.78, 5) is 14.3. The standard InChI is InChI=1S/C17H24N2O2/c1-11-4-12(2)17(13(3)5-11)21-10-16(20)19-8-14-6-18-7-15(14)9-19/h4-5,14-15,18H,6-10H2,1-3H3/t14-,15+. The number of nitrogens with zero attached hydrogens (tertiary/aromatic N) is 1. The number of carbonyl (C=O) groups is 1. The molecular formula is C17H24N2O2. The molecule has 1 aromatic carbocycles. The van der Waals surface area contributed by atoms with E-state index in [1.165, 1.54) is 5.56 Å². The largest absolute Gasteiger partial charge is 0.483 e. The van der Waals surface area contributed by atoms with Gasteiger partial charge in [-0.3, -0.25) is 4.79 Å². The first-order valence-corrected chi connectivity index (χ1v) is 7.73. The first kappa shape index (κ1) is 14.4. The van der Waals surface area contributed by atoms with Crippen LogP contribution in [0.1, 0.15) is 16.7 Å². The molecule has 2 heterocycles. The van der Waals surface area contributed by atoms with Gasteiger partial charge in [0.15, 0.2) is 6.61 Å². The fraction of sp³-hybridized carbons (Fsp3) is 0.588. The Balaban J connectivity index is 1.59. The van der Waals surface area contributed by atoms with E-state index in [9.17, 15) is 4.79 Å². The van der Waals surface area contributed by atoms with Crippen LogP contribution in [0, 0.1) is 32.6 Å². The van der Waals surface area contributed by atoms with E-state index in [0.29, 0.717) is 11.8 Å². The zero-order valence-corrected chi connectivity index (χ0v) is 13.1. The fourth-order valence-electron chi connectivity index (χ4n) is 3.68. The highest BCUT2D eigenvalue weighted by atomic mass is 16.5. The molecule has 2 atom stereocenters. The number of carbonyl (C=O) groups excluding carboxylic acids is 1. The molecule has 1 aromatic rings. The number of amides is 1. The van der Waals surface area contributed by atoms with Crippen LogP contribution < -0.4 is 10.1 Å². The lowest BCUT2D eigenvalue weighted by atomic mass is 10.0. The number of ether oxygens (including phenoxy) is 1. The van der Waals surface area contributed by atoms with Gasteiger partial charge in [0, 0.05) is 26.2 Å². The summed E-state index contributed by atoms with van der Waals surface area (Å²) < 4.78 is 5.81. The average molecular weight is 288 g/mol. The summed E-state index contributed by atoms with van der Waals surface area (Å²) in [5, 5.41) is 3.39. The maximum absolute atomic E-state index is 12.3. The van der Waals surface area contributed by atoms with Gasteiger partial charge in [-0.25, -0.2) is 0 Å². The Labute approximate surface area is 126 Å². The van der Waals surface area contributed by atoms with Gasteiger partial charge in [-0.05, 0) is 43.7 Å². The second-order valence-electron chi connectivity index (χ2n) is 6.49. The number of fused-ring (bicyclic) bond motifs is 1. The molecule has 0 radical (unpaired) electrons. The first-order valence-electron chi connectivity index (χ1n) is 7.73. The number of hydrogen-bond donors (Lipinski definition) is 1. The molecule has 1 N–H and O–H groups in total. The Morgan fingerprint density at radius 2 is 1.76 bits per heavy atom. The topological polar surface area (TPSA) is 41.6 Å². The average Bonchev–Trinajstić information content (AvgIpc) is 2.97. The SMILES string of the molecule is Cc1cc(C)c(OCC(=O)N2C[C@H]3CNC[C@H]3C2)c(C)c1. The minimum Gasteiger partial charge on any atom is -0.483 e. The molecular weight excluding hydrogens is 264 g/mol. The predicted molar refractivity (Wildman–Crippen MR) is 82.6 cm³/mol. The zero-order valence-electron chi connectivity index (χ0n) is 13.1. The maximum atomic E-state index is 12.3. The molecule has 0 aromatic heterocycles. The van der Waals surface area contributed by atoms with Crippen molar-refractivity contribution in [2.24, 2.45) is 11.8 Å². The predicted octanol–water partition coefficient (Wildman–Crippen LogP) is 1.67. The molecule has 0 aliphatic carbocycles. The highest BCUT2D eigenvalue weighted by Crippen LogP contribution is 2.27. The fourth-order valence-corrected chi connectivity index (χ4v) is 3.68. The van der Waals surface area contributed by atoms with Crippen LogP contribution in [0.25, 0.3) is 0 Å². The first-order chi connectivity index (χ1) is 10.0. The van der Waals surface area contributed by atoms with Crippen LogP contribution in [0.15, 0.2) is 12.1 Å².